The first-order valence-electron chi connectivity index (χ1n) is 7.82. The van der Waals surface area contributed by atoms with E-state index in [1.165, 1.54) is 12.4 Å². The third-order valence-corrected chi connectivity index (χ3v) is 3.35. The summed E-state index contributed by atoms with van der Waals surface area (Å²) < 4.78 is 1.61. The number of pyridine rings is 1. The lowest BCUT2D eigenvalue weighted by molar-refractivity contribution is -0.121. The number of rotatable bonds is 6. The van der Waals surface area contributed by atoms with Crippen molar-refractivity contribution >= 4 is 23.6 Å². The Morgan fingerprint density at radius 2 is 1.96 bits per heavy atom. The van der Waals surface area contributed by atoms with Crippen LogP contribution >= 0.6 is 0 Å². The number of hydrogen-bond donors (Lipinski definition) is 2. The minimum atomic E-state index is -0.368. The SMILES string of the molecule is O=C(/C=C\c1ccccn1)NCC(=O)Nc1ccc(-n2cncn2)cc1. The molecule has 0 aliphatic rings. The van der Waals surface area contributed by atoms with Gasteiger partial charge in [0.15, 0.2) is 0 Å². The molecule has 1 aromatic carbocycles. The summed E-state index contributed by atoms with van der Waals surface area (Å²) in [6.45, 7) is -0.129. The average Bonchev–Trinajstić information content (AvgIpc) is 3.21. The zero-order valence-electron chi connectivity index (χ0n) is 13.7. The Labute approximate surface area is 149 Å². The quantitative estimate of drug-likeness (QED) is 0.656. The van der Waals surface area contributed by atoms with Crippen LogP contribution in [0.5, 0.6) is 0 Å². The fourth-order valence-corrected chi connectivity index (χ4v) is 2.11. The second-order valence-electron chi connectivity index (χ2n) is 5.24. The summed E-state index contributed by atoms with van der Waals surface area (Å²) in [5.41, 5.74) is 2.12. The van der Waals surface area contributed by atoms with Gasteiger partial charge in [0.1, 0.15) is 12.7 Å². The molecule has 0 bridgehead atoms. The second kappa shape index (κ2) is 8.34. The first-order chi connectivity index (χ1) is 12.7. The third-order valence-electron chi connectivity index (χ3n) is 3.35. The van der Waals surface area contributed by atoms with Crippen LogP contribution in [0.3, 0.4) is 0 Å². The molecule has 3 rings (SSSR count). The summed E-state index contributed by atoms with van der Waals surface area (Å²) in [6.07, 6.45) is 7.58. The van der Waals surface area contributed by atoms with Gasteiger partial charge < -0.3 is 10.6 Å². The number of anilines is 1. The van der Waals surface area contributed by atoms with Crippen molar-refractivity contribution in [2.75, 3.05) is 11.9 Å². The van der Waals surface area contributed by atoms with Gasteiger partial charge in [-0.1, -0.05) is 6.07 Å². The van der Waals surface area contributed by atoms with Gasteiger partial charge in [-0.3, -0.25) is 14.6 Å². The highest BCUT2D eigenvalue weighted by Crippen LogP contribution is 2.11. The van der Waals surface area contributed by atoms with Crippen LogP contribution in [0.25, 0.3) is 11.8 Å². The number of amides is 2. The van der Waals surface area contributed by atoms with Crippen molar-refractivity contribution < 1.29 is 9.59 Å². The predicted molar refractivity (Wildman–Crippen MR) is 96.3 cm³/mol. The van der Waals surface area contributed by atoms with E-state index in [1.54, 1.807) is 59.7 Å². The van der Waals surface area contributed by atoms with Crippen LogP contribution in [0.1, 0.15) is 5.69 Å². The van der Waals surface area contributed by atoms with Gasteiger partial charge in [0.05, 0.1) is 17.9 Å². The van der Waals surface area contributed by atoms with Gasteiger partial charge in [0.2, 0.25) is 11.8 Å². The normalized spacial score (nSPS) is 10.6. The number of aromatic nitrogens is 4. The van der Waals surface area contributed by atoms with Crippen LogP contribution in [0.2, 0.25) is 0 Å². The summed E-state index contributed by atoms with van der Waals surface area (Å²) in [5.74, 6) is -0.689. The number of carbonyl (C=O) groups excluding carboxylic acids is 2. The maximum atomic E-state index is 11.9. The zero-order chi connectivity index (χ0) is 18.2. The average molecular weight is 348 g/mol. The molecule has 0 fully saturated rings. The van der Waals surface area contributed by atoms with Crippen molar-refractivity contribution in [1.82, 2.24) is 25.1 Å². The van der Waals surface area contributed by atoms with E-state index in [2.05, 4.69) is 25.7 Å². The Morgan fingerprint density at radius 3 is 2.65 bits per heavy atom. The Hall–Kier alpha value is -3.81. The van der Waals surface area contributed by atoms with Crippen LogP contribution in [-0.4, -0.2) is 38.1 Å². The van der Waals surface area contributed by atoms with Crippen LogP contribution in [0.4, 0.5) is 5.69 Å². The van der Waals surface area contributed by atoms with Gasteiger partial charge in [-0.15, -0.1) is 0 Å². The smallest absolute Gasteiger partial charge is 0.244 e. The van der Waals surface area contributed by atoms with Crippen molar-refractivity contribution in [2.24, 2.45) is 0 Å². The first-order valence-corrected chi connectivity index (χ1v) is 7.82. The zero-order valence-corrected chi connectivity index (χ0v) is 13.7. The number of nitrogens with zero attached hydrogens (tertiary/aromatic N) is 4. The molecule has 0 saturated carbocycles. The molecule has 0 saturated heterocycles. The molecule has 2 amide bonds. The molecular weight excluding hydrogens is 332 g/mol. The van der Waals surface area contributed by atoms with Crippen LogP contribution in [0, 0.1) is 0 Å². The Morgan fingerprint density at radius 1 is 1.12 bits per heavy atom. The lowest BCUT2D eigenvalue weighted by atomic mass is 10.3. The van der Waals surface area contributed by atoms with E-state index in [4.69, 9.17) is 0 Å². The molecule has 0 aliphatic heterocycles. The van der Waals surface area contributed by atoms with Crippen LogP contribution in [-0.2, 0) is 9.59 Å². The molecule has 0 unspecified atom stereocenters. The third kappa shape index (κ3) is 4.84. The Bertz CT molecular complexity index is 889. The van der Waals surface area contributed by atoms with Gasteiger partial charge in [0.25, 0.3) is 0 Å². The molecule has 2 aromatic heterocycles. The van der Waals surface area contributed by atoms with Gasteiger partial charge in [-0.05, 0) is 42.5 Å². The fraction of sp³-hybridized carbons (Fsp3) is 0.0556. The number of hydrogen-bond acceptors (Lipinski definition) is 5. The maximum absolute atomic E-state index is 11.9. The number of nitrogens with one attached hydrogen (secondary N) is 2. The lowest BCUT2D eigenvalue weighted by Gasteiger charge is -2.07. The highest BCUT2D eigenvalue weighted by molar-refractivity contribution is 5.97. The highest BCUT2D eigenvalue weighted by atomic mass is 16.2. The first kappa shape index (κ1) is 17.0. The summed E-state index contributed by atoms with van der Waals surface area (Å²) in [6, 6.07) is 12.5. The maximum Gasteiger partial charge on any atom is 0.244 e. The predicted octanol–water partition coefficient (Wildman–Crippen LogP) is 1.43. The van der Waals surface area contributed by atoms with E-state index in [0.29, 0.717) is 11.4 Å². The second-order valence-corrected chi connectivity index (χ2v) is 5.24. The monoisotopic (exact) mass is 348 g/mol. The van der Waals surface area contributed by atoms with Gasteiger partial charge in [-0.25, -0.2) is 9.67 Å². The molecule has 0 atom stereocenters. The van der Waals surface area contributed by atoms with Gasteiger partial charge >= 0.3 is 0 Å². The molecule has 8 heteroatoms. The van der Waals surface area contributed by atoms with Crippen molar-refractivity contribution in [1.29, 1.82) is 0 Å². The molecule has 3 aromatic rings. The molecule has 26 heavy (non-hydrogen) atoms. The van der Waals surface area contributed by atoms with Gasteiger partial charge in [0, 0.05) is 18.0 Å². The molecule has 8 nitrogen and oxygen atoms in total. The van der Waals surface area contributed by atoms with Crippen molar-refractivity contribution in [3.8, 4) is 5.69 Å². The Balaban J connectivity index is 1.46. The molecule has 0 radical (unpaired) electrons. The molecule has 0 spiro atoms. The molecule has 0 aliphatic carbocycles. The molecule has 2 N–H and O–H groups in total. The summed E-state index contributed by atoms with van der Waals surface area (Å²) in [4.78, 5) is 31.6. The molecule has 2 heterocycles. The topological polar surface area (TPSA) is 102 Å². The van der Waals surface area contributed by atoms with E-state index in [9.17, 15) is 9.59 Å². The van der Waals surface area contributed by atoms with Crippen LogP contribution < -0.4 is 10.6 Å². The molecular formula is C18H16N6O2. The number of carbonyl (C=O) groups is 2. The minimum Gasteiger partial charge on any atom is -0.343 e. The minimum absolute atomic E-state index is 0.129. The summed E-state index contributed by atoms with van der Waals surface area (Å²) in [7, 11) is 0. The summed E-state index contributed by atoms with van der Waals surface area (Å²) in [5, 5.41) is 9.25. The van der Waals surface area contributed by atoms with E-state index in [-0.39, 0.29) is 18.4 Å². The van der Waals surface area contributed by atoms with Crippen molar-refractivity contribution in [2.45, 2.75) is 0 Å². The largest absolute Gasteiger partial charge is 0.343 e. The van der Waals surface area contributed by atoms with Crippen molar-refractivity contribution in [3.05, 3.63) is 73.1 Å². The lowest BCUT2D eigenvalue weighted by Crippen LogP contribution is -2.31. The Kier molecular flexibility index (Phi) is 5.46. The fourth-order valence-electron chi connectivity index (χ4n) is 2.11. The summed E-state index contributed by atoms with van der Waals surface area (Å²) >= 11 is 0. The van der Waals surface area contributed by atoms with E-state index in [0.717, 1.165) is 5.69 Å². The van der Waals surface area contributed by atoms with E-state index in [1.807, 2.05) is 6.07 Å². The standard InChI is InChI=1S/C18H16N6O2/c25-17(9-6-14-3-1-2-10-20-14)21-11-18(26)23-15-4-7-16(8-5-15)24-13-19-12-22-24/h1-10,12-13H,11H2,(H,21,25)(H,23,26)/b9-6-. The number of benzene rings is 1. The van der Waals surface area contributed by atoms with Crippen LogP contribution in [0.15, 0.2) is 67.4 Å². The van der Waals surface area contributed by atoms with E-state index >= 15 is 0 Å². The molecule has 130 valence electrons. The van der Waals surface area contributed by atoms with Gasteiger partial charge in [-0.2, -0.15) is 5.10 Å². The van der Waals surface area contributed by atoms with Crippen molar-refractivity contribution in [3.63, 3.8) is 0 Å². The highest BCUT2D eigenvalue weighted by Gasteiger charge is 2.05. The van der Waals surface area contributed by atoms with E-state index < -0.39 is 0 Å².